The summed E-state index contributed by atoms with van der Waals surface area (Å²) in [4.78, 5) is 0. The van der Waals surface area contributed by atoms with Crippen LogP contribution >= 0.6 is 0 Å². The highest BCUT2D eigenvalue weighted by molar-refractivity contribution is 7.89. The Balaban J connectivity index is 2.11. The Hall–Kier alpha value is -0.170. The molecule has 5 nitrogen and oxygen atoms in total. The second kappa shape index (κ2) is 6.32. The maximum atomic E-state index is 12.6. The molecule has 0 aromatic rings. The maximum absolute atomic E-state index is 12.6. The van der Waals surface area contributed by atoms with Gasteiger partial charge in [0.2, 0.25) is 10.0 Å². The van der Waals surface area contributed by atoms with Crippen molar-refractivity contribution in [2.45, 2.75) is 49.8 Å². The number of rotatable bonds is 5. The van der Waals surface area contributed by atoms with E-state index in [1.54, 1.807) is 4.31 Å². The van der Waals surface area contributed by atoms with Crippen LogP contribution in [0.25, 0.3) is 0 Å². The second-order valence-corrected chi connectivity index (χ2v) is 7.43. The maximum Gasteiger partial charge on any atom is 0.217 e. The van der Waals surface area contributed by atoms with Gasteiger partial charge in [-0.05, 0) is 38.8 Å². The van der Waals surface area contributed by atoms with Crippen LogP contribution in [0.2, 0.25) is 0 Å². The van der Waals surface area contributed by atoms with Gasteiger partial charge in [0.05, 0.1) is 11.9 Å². The summed E-state index contributed by atoms with van der Waals surface area (Å²) in [7, 11) is -3.24. The van der Waals surface area contributed by atoms with Crippen LogP contribution in [-0.4, -0.2) is 55.4 Å². The van der Waals surface area contributed by atoms with Gasteiger partial charge in [0, 0.05) is 12.6 Å². The van der Waals surface area contributed by atoms with E-state index in [1.165, 1.54) is 0 Å². The third-order valence-electron chi connectivity index (χ3n) is 4.09. The number of sulfonamides is 1. The first-order valence-corrected chi connectivity index (χ1v) is 8.49. The quantitative estimate of drug-likeness (QED) is 0.758. The van der Waals surface area contributed by atoms with E-state index >= 15 is 0 Å². The number of aliphatic hydroxyl groups is 1. The molecule has 6 heteroatoms. The zero-order valence-corrected chi connectivity index (χ0v) is 11.7. The van der Waals surface area contributed by atoms with Crippen molar-refractivity contribution in [2.24, 2.45) is 0 Å². The predicted molar refractivity (Wildman–Crippen MR) is 70.9 cm³/mol. The highest BCUT2D eigenvalue weighted by Gasteiger charge is 2.37. The zero-order chi connectivity index (χ0) is 13.0. The molecular weight excluding hydrogens is 252 g/mol. The molecule has 1 saturated heterocycles. The Morgan fingerprint density at radius 1 is 1.11 bits per heavy atom. The van der Waals surface area contributed by atoms with Crippen LogP contribution < -0.4 is 5.32 Å². The number of hydrogen-bond donors (Lipinski definition) is 2. The standard InChI is InChI=1S/C12H24N2O3S/c15-10-9-14(11-3-1-2-4-11)18(16,17)12-5-7-13-8-6-12/h11-13,15H,1-10H2. The van der Waals surface area contributed by atoms with E-state index in [9.17, 15) is 8.42 Å². The molecule has 1 heterocycles. The number of piperidine rings is 1. The summed E-state index contributed by atoms with van der Waals surface area (Å²) >= 11 is 0. The van der Waals surface area contributed by atoms with Crippen LogP contribution in [0.5, 0.6) is 0 Å². The summed E-state index contributed by atoms with van der Waals surface area (Å²) in [6.07, 6.45) is 5.49. The minimum Gasteiger partial charge on any atom is -0.395 e. The monoisotopic (exact) mass is 276 g/mol. The summed E-state index contributed by atoms with van der Waals surface area (Å²) in [6, 6.07) is 0.122. The highest BCUT2D eigenvalue weighted by atomic mass is 32.2. The highest BCUT2D eigenvalue weighted by Crippen LogP contribution is 2.28. The van der Waals surface area contributed by atoms with Crippen LogP contribution in [0.4, 0.5) is 0 Å². The minimum atomic E-state index is -3.24. The van der Waals surface area contributed by atoms with Gasteiger partial charge in [-0.25, -0.2) is 8.42 Å². The lowest BCUT2D eigenvalue weighted by Gasteiger charge is -2.33. The van der Waals surface area contributed by atoms with E-state index < -0.39 is 10.0 Å². The van der Waals surface area contributed by atoms with Gasteiger partial charge in [0.1, 0.15) is 0 Å². The molecular formula is C12H24N2O3S. The Bertz CT molecular complexity index is 346. The molecule has 2 fully saturated rings. The van der Waals surface area contributed by atoms with Gasteiger partial charge in [-0.2, -0.15) is 4.31 Å². The summed E-state index contributed by atoms with van der Waals surface area (Å²) < 4.78 is 26.9. The van der Waals surface area contributed by atoms with Crippen LogP contribution in [0, 0.1) is 0 Å². The van der Waals surface area contributed by atoms with Gasteiger partial charge < -0.3 is 10.4 Å². The van der Waals surface area contributed by atoms with Crippen LogP contribution in [0.15, 0.2) is 0 Å². The molecule has 0 aromatic carbocycles. The number of aliphatic hydroxyl groups excluding tert-OH is 1. The van der Waals surface area contributed by atoms with Crippen molar-refractivity contribution in [2.75, 3.05) is 26.2 Å². The third-order valence-corrected chi connectivity index (χ3v) is 6.53. The molecule has 0 aromatic heterocycles. The fourth-order valence-corrected chi connectivity index (χ4v) is 5.27. The minimum absolute atomic E-state index is 0.0826. The zero-order valence-electron chi connectivity index (χ0n) is 10.8. The molecule has 0 atom stereocenters. The molecule has 0 bridgehead atoms. The van der Waals surface area contributed by atoms with Gasteiger partial charge in [0.15, 0.2) is 0 Å². The van der Waals surface area contributed by atoms with Crippen LogP contribution in [0.3, 0.4) is 0 Å². The third kappa shape index (κ3) is 3.04. The van der Waals surface area contributed by atoms with Crippen molar-refractivity contribution in [1.82, 2.24) is 9.62 Å². The Morgan fingerprint density at radius 2 is 1.72 bits per heavy atom. The molecule has 0 amide bonds. The first-order chi connectivity index (χ1) is 8.66. The van der Waals surface area contributed by atoms with Gasteiger partial charge in [-0.15, -0.1) is 0 Å². The first kappa shape index (κ1) is 14.2. The predicted octanol–water partition coefficient (Wildman–Crippen LogP) is 0.305. The molecule has 2 N–H and O–H groups in total. The number of hydrogen-bond acceptors (Lipinski definition) is 4. The van der Waals surface area contributed by atoms with Crippen molar-refractivity contribution in [3.63, 3.8) is 0 Å². The molecule has 106 valence electrons. The first-order valence-electron chi connectivity index (χ1n) is 6.98. The van der Waals surface area contributed by atoms with Gasteiger partial charge in [-0.1, -0.05) is 12.8 Å². The van der Waals surface area contributed by atoms with Crippen molar-refractivity contribution in [1.29, 1.82) is 0 Å². The van der Waals surface area contributed by atoms with Crippen molar-refractivity contribution in [3.05, 3.63) is 0 Å². The normalized spacial score (nSPS) is 23.9. The summed E-state index contributed by atoms with van der Waals surface area (Å²) in [5.41, 5.74) is 0. The van der Waals surface area contributed by atoms with Crippen LogP contribution in [-0.2, 0) is 10.0 Å². The Labute approximate surface area is 110 Å². The fourth-order valence-electron chi connectivity index (χ4n) is 3.09. The lowest BCUT2D eigenvalue weighted by molar-refractivity contribution is 0.224. The summed E-state index contributed by atoms with van der Waals surface area (Å²) in [6.45, 7) is 1.74. The fraction of sp³-hybridized carbons (Fsp3) is 1.00. The lowest BCUT2D eigenvalue weighted by Crippen LogP contribution is -2.48. The topological polar surface area (TPSA) is 69.6 Å². The van der Waals surface area contributed by atoms with Crippen molar-refractivity contribution < 1.29 is 13.5 Å². The SMILES string of the molecule is O=S(=O)(C1CCNCC1)N(CCO)C1CCCC1. The molecule has 1 saturated carbocycles. The molecule has 0 spiro atoms. The smallest absolute Gasteiger partial charge is 0.217 e. The molecule has 18 heavy (non-hydrogen) atoms. The molecule has 2 aliphatic rings. The van der Waals surface area contributed by atoms with Gasteiger partial charge in [-0.3, -0.25) is 0 Å². The molecule has 1 aliphatic heterocycles. The average Bonchev–Trinajstić information content (AvgIpc) is 2.90. The van der Waals surface area contributed by atoms with E-state index in [0.717, 1.165) is 38.8 Å². The lowest BCUT2D eigenvalue weighted by atomic mass is 10.2. The van der Waals surface area contributed by atoms with Crippen molar-refractivity contribution >= 4 is 10.0 Å². The van der Waals surface area contributed by atoms with Crippen molar-refractivity contribution in [3.8, 4) is 0 Å². The molecule has 0 unspecified atom stereocenters. The van der Waals surface area contributed by atoms with E-state index in [4.69, 9.17) is 5.11 Å². The number of nitrogens with one attached hydrogen (secondary N) is 1. The van der Waals surface area contributed by atoms with E-state index in [1.807, 2.05) is 0 Å². The summed E-state index contributed by atoms with van der Waals surface area (Å²) in [5, 5.41) is 12.1. The molecule has 2 rings (SSSR count). The largest absolute Gasteiger partial charge is 0.395 e. The average molecular weight is 276 g/mol. The van der Waals surface area contributed by atoms with E-state index in [-0.39, 0.29) is 24.4 Å². The molecule has 1 aliphatic carbocycles. The Morgan fingerprint density at radius 3 is 2.28 bits per heavy atom. The molecule has 0 radical (unpaired) electrons. The Kier molecular flexibility index (Phi) is 5.00. The number of nitrogens with zero attached hydrogens (tertiary/aromatic N) is 1. The van der Waals surface area contributed by atoms with Gasteiger partial charge in [0.25, 0.3) is 0 Å². The second-order valence-electron chi connectivity index (χ2n) is 5.27. The van der Waals surface area contributed by atoms with Gasteiger partial charge >= 0.3 is 0 Å². The van der Waals surface area contributed by atoms with E-state index in [2.05, 4.69) is 5.32 Å². The van der Waals surface area contributed by atoms with E-state index in [0.29, 0.717) is 12.8 Å². The summed E-state index contributed by atoms with van der Waals surface area (Å²) in [5.74, 6) is 0. The van der Waals surface area contributed by atoms with Crippen LogP contribution in [0.1, 0.15) is 38.5 Å².